The maximum Gasteiger partial charge on any atom is 0.325 e. The van der Waals surface area contributed by atoms with Gasteiger partial charge in [0.05, 0.1) is 17.3 Å². The van der Waals surface area contributed by atoms with Crippen molar-refractivity contribution in [3.8, 4) is 0 Å². The number of nitrogens with zero attached hydrogens (tertiary/aromatic N) is 5. The lowest BCUT2D eigenvalue weighted by Crippen LogP contribution is -2.23. The van der Waals surface area contributed by atoms with Crippen LogP contribution in [0, 0.1) is 5.82 Å². The summed E-state index contributed by atoms with van der Waals surface area (Å²) in [6.07, 6.45) is 2.71. The lowest BCUT2D eigenvalue weighted by atomic mass is 10.3. The molecule has 1 aromatic carbocycles. The Kier molecular flexibility index (Phi) is 4.47. The fourth-order valence-electron chi connectivity index (χ4n) is 2.07. The topological polar surface area (TPSA) is 91.4 Å². The molecule has 24 heavy (non-hydrogen) atoms. The fraction of sp³-hybridized carbons (Fsp3) is 0.214. The molecular formula is C14H12FN5O3S. The maximum absolute atomic E-state index is 13.4. The minimum absolute atomic E-state index is 0.0825. The van der Waals surface area contributed by atoms with Gasteiger partial charge in [0.15, 0.2) is 4.80 Å². The average molecular weight is 349 g/mol. The van der Waals surface area contributed by atoms with Gasteiger partial charge in [0.25, 0.3) is 5.91 Å². The van der Waals surface area contributed by atoms with Crippen molar-refractivity contribution < 1.29 is 18.7 Å². The van der Waals surface area contributed by atoms with Gasteiger partial charge < -0.3 is 9.30 Å². The number of ether oxygens (including phenoxy) is 1. The number of methoxy groups -OCH3 is 1. The third-order valence-electron chi connectivity index (χ3n) is 3.14. The summed E-state index contributed by atoms with van der Waals surface area (Å²) in [6, 6.07) is 4.14. The molecular weight excluding hydrogens is 337 g/mol. The van der Waals surface area contributed by atoms with Crippen LogP contribution in [0.15, 0.2) is 35.8 Å². The van der Waals surface area contributed by atoms with E-state index >= 15 is 0 Å². The van der Waals surface area contributed by atoms with Crippen molar-refractivity contribution in [3.63, 3.8) is 0 Å². The van der Waals surface area contributed by atoms with Crippen LogP contribution in [0.2, 0.25) is 0 Å². The van der Waals surface area contributed by atoms with Gasteiger partial charge >= 0.3 is 5.97 Å². The van der Waals surface area contributed by atoms with Gasteiger partial charge in [0, 0.05) is 0 Å². The molecule has 124 valence electrons. The molecule has 0 saturated heterocycles. The molecule has 0 aliphatic rings. The summed E-state index contributed by atoms with van der Waals surface area (Å²) >= 11 is 1.11. The van der Waals surface area contributed by atoms with Crippen LogP contribution in [0.5, 0.6) is 0 Å². The van der Waals surface area contributed by atoms with E-state index in [4.69, 9.17) is 0 Å². The Morgan fingerprint density at radius 1 is 1.38 bits per heavy atom. The SMILES string of the molecule is COC(=O)Cn1c(=NC(=O)Cn2cncn2)sc2cc(F)ccc21. The third-order valence-corrected chi connectivity index (χ3v) is 4.19. The number of carbonyl (C=O) groups is 2. The molecule has 0 fully saturated rings. The molecule has 1 amide bonds. The zero-order valence-corrected chi connectivity index (χ0v) is 13.4. The van der Waals surface area contributed by atoms with Crippen molar-refractivity contribution >= 4 is 33.4 Å². The van der Waals surface area contributed by atoms with Crippen LogP contribution in [-0.2, 0) is 27.4 Å². The van der Waals surface area contributed by atoms with E-state index in [2.05, 4.69) is 19.8 Å². The lowest BCUT2D eigenvalue weighted by molar-refractivity contribution is -0.141. The van der Waals surface area contributed by atoms with Gasteiger partial charge in [-0.15, -0.1) is 0 Å². The first-order valence-corrected chi connectivity index (χ1v) is 7.64. The average Bonchev–Trinajstić information content (AvgIpc) is 3.15. The standard InChI is InChI=1S/C14H12FN5O3S/c1-23-13(22)6-20-10-3-2-9(15)4-11(10)24-14(20)18-12(21)5-19-8-16-7-17-19/h2-4,7-8H,5-6H2,1H3. The number of rotatable bonds is 4. The van der Waals surface area contributed by atoms with Gasteiger partial charge in [-0.1, -0.05) is 11.3 Å². The van der Waals surface area contributed by atoms with Gasteiger partial charge in [0.1, 0.15) is 31.6 Å². The molecule has 0 bridgehead atoms. The summed E-state index contributed by atoms with van der Waals surface area (Å²) in [5, 5.41) is 3.83. The Balaban J connectivity index is 2.04. The summed E-state index contributed by atoms with van der Waals surface area (Å²) in [7, 11) is 1.27. The van der Waals surface area contributed by atoms with Crippen molar-refractivity contribution in [2.75, 3.05) is 7.11 Å². The van der Waals surface area contributed by atoms with Gasteiger partial charge in [-0.25, -0.2) is 14.1 Å². The maximum atomic E-state index is 13.4. The molecule has 0 atom stereocenters. The summed E-state index contributed by atoms with van der Waals surface area (Å²) < 4.78 is 21.5. The van der Waals surface area contributed by atoms with Gasteiger partial charge in [-0.2, -0.15) is 10.1 Å². The number of hydrogen-bond acceptors (Lipinski definition) is 6. The Morgan fingerprint density at radius 2 is 2.21 bits per heavy atom. The van der Waals surface area contributed by atoms with Crippen molar-refractivity contribution in [1.29, 1.82) is 0 Å². The van der Waals surface area contributed by atoms with Crippen LogP contribution in [0.4, 0.5) is 4.39 Å². The number of hydrogen-bond donors (Lipinski definition) is 0. The molecule has 2 heterocycles. The number of fused-ring (bicyclic) bond motifs is 1. The molecule has 10 heteroatoms. The van der Waals surface area contributed by atoms with Crippen LogP contribution >= 0.6 is 11.3 Å². The second-order valence-corrected chi connectivity index (χ2v) is 5.77. The van der Waals surface area contributed by atoms with Crippen molar-refractivity contribution in [2.24, 2.45) is 4.99 Å². The summed E-state index contributed by atoms with van der Waals surface area (Å²) in [4.78, 5) is 31.7. The van der Waals surface area contributed by atoms with Crippen LogP contribution < -0.4 is 4.80 Å². The van der Waals surface area contributed by atoms with E-state index in [9.17, 15) is 14.0 Å². The molecule has 0 radical (unpaired) electrons. The molecule has 3 rings (SSSR count). The molecule has 8 nitrogen and oxygen atoms in total. The number of amides is 1. The van der Waals surface area contributed by atoms with E-state index in [1.165, 1.54) is 47.2 Å². The monoisotopic (exact) mass is 349 g/mol. The van der Waals surface area contributed by atoms with Crippen LogP contribution in [0.1, 0.15) is 0 Å². The smallest absolute Gasteiger partial charge is 0.325 e. The quantitative estimate of drug-likeness (QED) is 0.648. The van der Waals surface area contributed by atoms with Crippen LogP contribution in [0.25, 0.3) is 10.2 Å². The zero-order valence-electron chi connectivity index (χ0n) is 12.5. The number of thiazole rings is 1. The highest BCUT2D eigenvalue weighted by molar-refractivity contribution is 7.16. The van der Waals surface area contributed by atoms with Crippen molar-refractivity contribution in [2.45, 2.75) is 13.1 Å². The summed E-state index contributed by atoms with van der Waals surface area (Å²) in [5.74, 6) is -1.37. The molecule has 2 aromatic heterocycles. The zero-order chi connectivity index (χ0) is 17.1. The van der Waals surface area contributed by atoms with E-state index in [1.807, 2.05) is 0 Å². The predicted octanol–water partition coefficient (Wildman–Crippen LogP) is 0.734. The molecule has 3 aromatic rings. The first-order chi connectivity index (χ1) is 11.6. The van der Waals surface area contributed by atoms with E-state index in [0.29, 0.717) is 10.2 Å². The highest BCUT2D eigenvalue weighted by Gasteiger charge is 2.12. The Morgan fingerprint density at radius 3 is 2.92 bits per heavy atom. The molecule has 0 unspecified atom stereocenters. The molecule has 0 saturated carbocycles. The lowest BCUT2D eigenvalue weighted by Gasteiger charge is -2.03. The fourth-order valence-corrected chi connectivity index (χ4v) is 3.15. The number of halogens is 1. The Hall–Kier alpha value is -2.88. The molecule has 0 N–H and O–H groups in total. The number of aromatic nitrogens is 4. The Bertz CT molecular complexity index is 961. The van der Waals surface area contributed by atoms with E-state index in [0.717, 1.165) is 11.3 Å². The first-order valence-electron chi connectivity index (χ1n) is 6.82. The largest absolute Gasteiger partial charge is 0.468 e. The van der Waals surface area contributed by atoms with E-state index < -0.39 is 17.7 Å². The van der Waals surface area contributed by atoms with Crippen LogP contribution in [-0.4, -0.2) is 38.3 Å². The highest BCUT2D eigenvalue weighted by Crippen LogP contribution is 2.18. The minimum atomic E-state index is -0.496. The van der Waals surface area contributed by atoms with E-state index in [-0.39, 0.29) is 17.9 Å². The number of carbonyl (C=O) groups excluding carboxylic acids is 2. The van der Waals surface area contributed by atoms with E-state index in [1.54, 1.807) is 0 Å². The minimum Gasteiger partial charge on any atom is -0.468 e. The highest BCUT2D eigenvalue weighted by atomic mass is 32.1. The predicted molar refractivity (Wildman–Crippen MR) is 82.4 cm³/mol. The number of esters is 1. The Labute approximate surface area is 138 Å². The first kappa shape index (κ1) is 16.0. The summed E-state index contributed by atoms with van der Waals surface area (Å²) in [5.41, 5.74) is 0.596. The normalized spacial score (nSPS) is 11.8. The summed E-state index contributed by atoms with van der Waals surface area (Å²) in [6.45, 7) is -0.210. The van der Waals surface area contributed by atoms with Gasteiger partial charge in [-0.05, 0) is 18.2 Å². The second-order valence-electron chi connectivity index (χ2n) is 4.76. The molecule has 0 aliphatic carbocycles. The van der Waals surface area contributed by atoms with Crippen LogP contribution in [0.3, 0.4) is 0 Å². The molecule has 0 spiro atoms. The van der Waals surface area contributed by atoms with Gasteiger partial charge in [-0.3, -0.25) is 9.59 Å². The van der Waals surface area contributed by atoms with Crippen molar-refractivity contribution in [1.82, 2.24) is 19.3 Å². The van der Waals surface area contributed by atoms with Gasteiger partial charge in [0.2, 0.25) is 0 Å². The van der Waals surface area contributed by atoms with Crippen molar-refractivity contribution in [3.05, 3.63) is 41.5 Å². The third kappa shape index (κ3) is 3.38. The molecule has 0 aliphatic heterocycles. The number of benzene rings is 1. The second kappa shape index (κ2) is 6.71.